The molecule has 1 aromatic heterocycles. The number of fused-ring (bicyclic) bond motifs is 1. The van der Waals surface area contributed by atoms with Crippen molar-refractivity contribution in [1.29, 1.82) is 0 Å². The van der Waals surface area contributed by atoms with E-state index in [0.29, 0.717) is 12.3 Å². The molecule has 13 heavy (non-hydrogen) atoms. The van der Waals surface area contributed by atoms with Crippen LogP contribution in [0.25, 0.3) is 0 Å². The maximum atomic E-state index is 10.5. The molecule has 0 saturated heterocycles. The van der Waals surface area contributed by atoms with Crippen molar-refractivity contribution in [3.05, 3.63) is 17.0 Å². The number of hydrogen-bond donors (Lipinski definition) is 1. The Morgan fingerprint density at radius 1 is 1.69 bits per heavy atom. The van der Waals surface area contributed by atoms with Crippen molar-refractivity contribution >= 4 is 29.1 Å². The third kappa shape index (κ3) is 2.06. The molecule has 0 aromatic carbocycles. The van der Waals surface area contributed by atoms with Gasteiger partial charge in [0, 0.05) is 12.2 Å². The van der Waals surface area contributed by atoms with Crippen molar-refractivity contribution in [1.82, 2.24) is 0 Å². The van der Waals surface area contributed by atoms with Crippen molar-refractivity contribution in [3.8, 4) is 0 Å². The fraction of sp³-hybridized carbons (Fsp3) is 0.444. The van der Waals surface area contributed by atoms with Crippen LogP contribution in [0.4, 0.5) is 0 Å². The van der Waals surface area contributed by atoms with Gasteiger partial charge in [0.2, 0.25) is 0 Å². The Bertz CT molecular complexity index is 319. The topological polar surface area (TPSA) is 37.3 Å². The first-order chi connectivity index (χ1) is 6.25. The molecule has 2 nitrogen and oxygen atoms in total. The van der Waals surface area contributed by atoms with E-state index in [9.17, 15) is 4.79 Å². The largest absolute Gasteiger partial charge is 0.481 e. The first-order valence-electron chi connectivity index (χ1n) is 4.16. The highest BCUT2D eigenvalue weighted by molar-refractivity contribution is 8.01. The third-order valence-corrected chi connectivity index (χ3v) is 4.68. The molecule has 0 fully saturated rings. The third-order valence-electron chi connectivity index (χ3n) is 2.13. The average Bonchev–Trinajstić information content (AvgIpc) is 2.49. The lowest BCUT2D eigenvalue weighted by Gasteiger charge is -2.19. The summed E-state index contributed by atoms with van der Waals surface area (Å²) < 4.78 is 1.38. The van der Waals surface area contributed by atoms with Crippen LogP contribution in [-0.2, 0) is 11.2 Å². The van der Waals surface area contributed by atoms with Gasteiger partial charge in [-0.25, -0.2) is 0 Å². The summed E-state index contributed by atoms with van der Waals surface area (Å²) in [6, 6.07) is 2.11. The van der Waals surface area contributed by atoms with Gasteiger partial charge >= 0.3 is 5.97 Å². The highest BCUT2D eigenvalue weighted by atomic mass is 32.2. The summed E-state index contributed by atoms with van der Waals surface area (Å²) in [5.74, 6) is 0.605. The van der Waals surface area contributed by atoms with Crippen molar-refractivity contribution in [2.75, 3.05) is 5.75 Å². The van der Waals surface area contributed by atoms with Crippen LogP contribution >= 0.6 is 23.1 Å². The molecule has 1 unspecified atom stereocenters. The Kier molecular flexibility index (Phi) is 2.60. The molecule has 2 heterocycles. The van der Waals surface area contributed by atoms with E-state index in [2.05, 4.69) is 11.4 Å². The van der Waals surface area contributed by atoms with Gasteiger partial charge in [-0.1, -0.05) is 0 Å². The van der Waals surface area contributed by atoms with E-state index in [1.807, 2.05) is 0 Å². The van der Waals surface area contributed by atoms with E-state index < -0.39 is 5.97 Å². The molecule has 0 spiro atoms. The summed E-state index contributed by atoms with van der Waals surface area (Å²) in [5.41, 5.74) is 1.34. The zero-order valence-electron chi connectivity index (χ0n) is 7.03. The van der Waals surface area contributed by atoms with Gasteiger partial charge in [-0.2, -0.15) is 0 Å². The Balaban J connectivity index is 2.04. The molecule has 1 atom stereocenters. The molecular formula is C9H10O2S2. The Morgan fingerprint density at radius 3 is 3.31 bits per heavy atom. The molecule has 0 radical (unpaired) electrons. The minimum Gasteiger partial charge on any atom is -0.481 e. The second-order valence-corrected chi connectivity index (χ2v) is 5.42. The maximum absolute atomic E-state index is 10.5. The first kappa shape index (κ1) is 9.09. The molecule has 1 N–H and O–H groups in total. The molecule has 1 aromatic rings. The fourth-order valence-electron chi connectivity index (χ4n) is 1.54. The number of thiophene rings is 1. The molecule has 2 rings (SSSR count). The Labute approximate surface area is 85.0 Å². The minimum atomic E-state index is -0.677. The summed E-state index contributed by atoms with van der Waals surface area (Å²) in [6.45, 7) is 0. The van der Waals surface area contributed by atoms with Crippen LogP contribution in [0.3, 0.4) is 0 Å². The number of thioether (sulfide) groups is 1. The number of carbonyl (C=O) groups is 1. The van der Waals surface area contributed by atoms with Crippen molar-refractivity contribution in [2.24, 2.45) is 5.92 Å². The standard InChI is InChI=1S/C9H10O2S2/c10-8(11)4-6-3-7-1-2-12-9(7)13-5-6/h1-2,6H,3-5H2,(H,10,11). The van der Waals surface area contributed by atoms with E-state index >= 15 is 0 Å². The van der Waals surface area contributed by atoms with Gasteiger partial charge in [0.25, 0.3) is 0 Å². The van der Waals surface area contributed by atoms with Gasteiger partial charge in [0.05, 0.1) is 4.21 Å². The highest BCUT2D eigenvalue weighted by Gasteiger charge is 2.21. The molecule has 70 valence electrons. The minimum absolute atomic E-state index is 0.308. The van der Waals surface area contributed by atoms with Crippen molar-refractivity contribution in [3.63, 3.8) is 0 Å². The molecule has 0 aliphatic carbocycles. The summed E-state index contributed by atoms with van der Waals surface area (Å²) in [4.78, 5) is 10.5. The normalized spacial score (nSPS) is 21.1. The van der Waals surface area contributed by atoms with Crippen LogP contribution in [0.5, 0.6) is 0 Å². The second kappa shape index (κ2) is 3.72. The quantitative estimate of drug-likeness (QED) is 0.821. The van der Waals surface area contributed by atoms with Gasteiger partial charge in [-0.15, -0.1) is 23.1 Å². The zero-order chi connectivity index (χ0) is 9.26. The number of carboxylic acid groups (broad SMARTS) is 1. The smallest absolute Gasteiger partial charge is 0.303 e. The van der Waals surface area contributed by atoms with Crippen LogP contribution in [0, 0.1) is 5.92 Å². The molecule has 0 saturated carbocycles. The summed E-state index contributed by atoms with van der Waals surface area (Å²) in [6.07, 6.45) is 1.25. The Morgan fingerprint density at radius 2 is 2.54 bits per heavy atom. The van der Waals surface area contributed by atoms with Gasteiger partial charge in [-0.05, 0) is 29.3 Å². The maximum Gasteiger partial charge on any atom is 0.303 e. The molecule has 1 aliphatic rings. The Hall–Kier alpha value is -0.480. The van der Waals surface area contributed by atoms with E-state index in [4.69, 9.17) is 5.11 Å². The van der Waals surface area contributed by atoms with E-state index in [1.54, 1.807) is 23.1 Å². The van der Waals surface area contributed by atoms with Gasteiger partial charge in [0.1, 0.15) is 0 Å². The first-order valence-corrected chi connectivity index (χ1v) is 6.03. The molecule has 4 heteroatoms. The predicted molar refractivity (Wildman–Crippen MR) is 54.5 cm³/mol. The molecule has 0 bridgehead atoms. The molecule has 0 amide bonds. The lowest BCUT2D eigenvalue weighted by Crippen LogP contribution is -2.16. The van der Waals surface area contributed by atoms with E-state index in [1.165, 1.54) is 9.77 Å². The summed E-state index contributed by atoms with van der Waals surface area (Å²) >= 11 is 3.56. The number of hydrogen-bond acceptors (Lipinski definition) is 3. The number of rotatable bonds is 2. The monoisotopic (exact) mass is 214 g/mol. The summed E-state index contributed by atoms with van der Waals surface area (Å²) in [7, 11) is 0. The van der Waals surface area contributed by atoms with E-state index in [0.717, 1.165) is 12.2 Å². The lowest BCUT2D eigenvalue weighted by molar-refractivity contribution is -0.137. The van der Waals surface area contributed by atoms with Crippen LogP contribution in [0.1, 0.15) is 12.0 Å². The SMILES string of the molecule is O=C(O)CC1CSc2sccc2C1. The van der Waals surface area contributed by atoms with Gasteiger partial charge in [-0.3, -0.25) is 4.79 Å². The summed E-state index contributed by atoms with van der Waals surface area (Å²) in [5, 5.41) is 10.7. The van der Waals surface area contributed by atoms with Gasteiger partial charge < -0.3 is 5.11 Å². The van der Waals surface area contributed by atoms with Crippen LogP contribution in [-0.4, -0.2) is 16.8 Å². The zero-order valence-corrected chi connectivity index (χ0v) is 8.66. The fourth-order valence-corrected chi connectivity index (χ4v) is 3.80. The number of aliphatic carboxylic acids is 1. The van der Waals surface area contributed by atoms with Crippen LogP contribution in [0.2, 0.25) is 0 Å². The van der Waals surface area contributed by atoms with Crippen LogP contribution in [0.15, 0.2) is 15.7 Å². The highest BCUT2D eigenvalue weighted by Crippen LogP contribution is 2.37. The lowest BCUT2D eigenvalue weighted by atomic mass is 10.00. The second-order valence-electron chi connectivity index (χ2n) is 3.21. The van der Waals surface area contributed by atoms with Crippen LogP contribution < -0.4 is 0 Å². The predicted octanol–water partition coefficient (Wildman–Crippen LogP) is 2.49. The molecular weight excluding hydrogens is 204 g/mol. The van der Waals surface area contributed by atoms with E-state index in [-0.39, 0.29) is 0 Å². The molecule has 1 aliphatic heterocycles. The van der Waals surface area contributed by atoms with Crippen molar-refractivity contribution in [2.45, 2.75) is 17.1 Å². The van der Waals surface area contributed by atoms with Crippen molar-refractivity contribution < 1.29 is 9.90 Å². The average molecular weight is 214 g/mol. The number of carboxylic acids is 1. The van der Waals surface area contributed by atoms with Gasteiger partial charge in [0.15, 0.2) is 0 Å².